The highest BCUT2D eigenvalue weighted by Gasteiger charge is 2.09. The van der Waals surface area contributed by atoms with Crippen LogP contribution in [0.2, 0.25) is 0 Å². The number of methoxy groups -OCH3 is 1. The lowest BCUT2D eigenvalue weighted by atomic mass is 10.2. The first-order valence-electron chi connectivity index (χ1n) is 6.75. The molecular formula is C15H25NO2. The minimum absolute atomic E-state index is 0.225. The molecular weight excluding hydrogens is 226 g/mol. The van der Waals surface area contributed by atoms with Gasteiger partial charge < -0.3 is 14.8 Å². The predicted octanol–water partition coefficient (Wildman–Crippen LogP) is 3.37. The van der Waals surface area contributed by atoms with E-state index in [1.54, 1.807) is 7.11 Å². The monoisotopic (exact) mass is 251 g/mol. The number of hydrogen-bond donors (Lipinski definition) is 1. The minimum atomic E-state index is 0.225. The number of ether oxygens (including phenoxy) is 2. The molecule has 1 N–H and O–H groups in total. The van der Waals surface area contributed by atoms with E-state index in [1.807, 2.05) is 12.1 Å². The molecule has 0 amide bonds. The van der Waals surface area contributed by atoms with Gasteiger partial charge in [0.05, 0.1) is 13.2 Å². The third-order valence-electron chi connectivity index (χ3n) is 2.83. The lowest BCUT2D eigenvalue weighted by Crippen LogP contribution is -2.13. The van der Waals surface area contributed by atoms with Gasteiger partial charge in [-0.3, -0.25) is 0 Å². The van der Waals surface area contributed by atoms with Gasteiger partial charge in [-0.15, -0.1) is 0 Å². The number of nitrogens with one attached hydrogen (secondary N) is 1. The highest BCUT2D eigenvalue weighted by atomic mass is 16.5. The fraction of sp³-hybridized carbons (Fsp3) is 0.600. The molecule has 0 aromatic heterocycles. The molecule has 1 rings (SSSR count). The fourth-order valence-corrected chi connectivity index (χ4v) is 1.87. The zero-order valence-electron chi connectivity index (χ0n) is 12.0. The maximum atomic E-state index is 5.89. The van der Waals surface area contributed by atoms with E-state index in [9.17, 15) is 0 Å². The van der Waals surface area contributed by atoms with Crippen LogP contribution in [0, 0.1) is 0 Å². The van der Waals surface area contributed by atoms with Crippen LogP contribution in [0.4, 0.5) is 0 Å². The summed E-state index contributed by atoms with van der Waals surface area (Å²) < 4.78 is 11.3. The average Bonchev–Trinajstić information content (AvgIpc) is 2.37. The molecule has 0 saturated carbocycles. The second kappa shape index (κ2) is 7.98. The Balaban J connectivity index is 2.73. The molecule has 0 aliphatic rings. The maximum Gasteiger partial charge on any atom is 0.161 e. The molecule has 0 radical (unpaired) electrons. The highest BCUT2D eigenvalue weighted by Crippen LogP contribution is 2.29. The third kappa shape index (κ3) is 4.57. The summed E-state index contributed by atoms with van der Waals surface area (Å²) in [7, 11) is 1.68. The molecule has 0 heterocycles. The van der Waals surface area contributed by atoms with Gasteiger partial charge in [-0.05, 0) is 37.6 Å². The summed E-state index contributed by atoms with van der Waals surface area (Å²) in [6.45, 7) is 8.18. The van der Waals surface area contributed by atoms with Gasteiger partial charge in [0.1, 0.15) is 0 Å². The highest BCUT2D eigenvalue weighted by molar-refractivity contribution is 5.43. The zero-order valence-corrected chi connectivity index (χ0v) is 12.0. The molecule has 3 nitrogen and oxygen atoms in total. The van der Waals surface area contributed by atoms with Gasteiger partial charge in [-0.1, -0.05) is 26.3 Å². The molecule has 1 unspecified atom stereocenters. The van der Waals surface area contributed by atoms with Crippen molar-refractivity contribution in [3.05, 3.63) is 23.8 Å². The van der Waals surface area contributed by atoms with Crippen LogP contribution in [0.3, 0.4) is 0 Å². The molecule has 1 aromatic rings. The fourth-order valence-electron chi connectivity index (χ4n) is 1.87. The molecule has 18 heavy (non-hydrogen) atoms. The molecule has 1 atom stereocenters. The summed E-state index contributed by atoms with van der Waals surface area (Å²) in [6, 6.07) is 6.12. The topological polar surface area (TPSA) is 30.5 Å². The van der Waals surface area contributed by atoms with Crippen molar-refractivity contribution in [3.8, 4) is 11.5 Å². The number of rotatable bonds is 8. The standard InChI is InChI=1S/C15H25NO2/c1-5-7-12(3)18-14-9-8-13(11-16-6-2)10-15(14)17-4/h8-10,12,16H,5-7,11H2,1-4H3. The third-order valence-corrected chi connectivity index (χ3v) is 2.83. The van der Waals surface area contributed by atoms with E-state index in [4.69, 9.17) is 9.47 Å². The van der Waals surface area contributed by atoms with Gasteiger partial charge in [-0.2, -0.15) is 0 Å². The van der Waals surface area contributed by atoms with Crippen LogP contribution in [-0.2, 0) is 6.54 Å². The van der Waals surface area contributed by atoms with E-state index in [0.717, 1.165) is 37.4 Å². The molecule has 3 heteroatoms. The number of benzene rings is 1. The van der Waals surface area contributed by atoms with Gasteiger partial charge in [0.25, 0.3) is 0 Å². The van der Waals surface area contributed by atoms with E-state index in [-0.39, 0.29) is 6.10 Å². The lowest BCUT2D eigenvalue weighted by molar-refractivity contribution is 0.201. The smallest absolute Gasteiger partial charge is 0.161 e. The van der Waals surface area contributed by atoms with Crippen LogP contribution < -0.4 is 14.8 Å². The van der Waals surface area contributed by atoms with Crippen molar-refractivity contribution in [3.63, 3.8) is 0 Å². The van der Waals surface area contributed by atoms with E-state index in [0.29, 0.717) is 0 Å². The average molecular weight is 251 g/mol. The normalized spacial score (nSPS) is 12.2. The molecule has 0 saturated heterocycles. The van der Waals surface area contributed by atoms with Crippen molar-refractivity contribution in [2.75, 3.05) is 13.7 Å². The Morgan fingerprint density at radius 3 is 2.61 bits per heavy atom. The molecule has 0 fully saturated rings. The van der Waals surface area contributed by atoms with Gasteiger partial charge >= 0.3 is 0 Å². The largest absolute Gasteiger partial charge is 0.493 e. The predicted molar refractivity (Wildman–Crippen MR) is 75.4 cm³/mol. The quantitative estimate of drug-likeness (QED) is 0.768. The summed E-state index contributed by atoms with van der Waals surface area (Å²) in [5, 5.41) is 3.30. The summed E-state index contributed by atoms with van der Waals surface area (Å²) >= 11 is 0. The van der Waals surface area contributed by atoms with Gasteiger partial charge in [-0.25, -0.2) is 0 Å². The Kier molecular flexibility index (Phi) is 6.58. The van der Waals surface area contributed by atoms with Crippen LogP contribution >= 0.6 is 0 Å². The van der Waals surface area contributed by atoms with Crippen molar-refractivity contribution in [2.45, 2.75) is 46.3 Å². The van der Waals surface area contributed by atoms with Crippen molar-refractivity contribution in [1.29, 1.82) is 0 Å². The van der Waals surface area contributed by atoms with E-state index in [2.05, 4.69) is 32.2 Å². The van der Waals surface area contributed by atoms with Crippen molar-refractivity contribution >= 4 is 0 Å². The first-order valence-corrected chi connectivity index (χ1v) is 6.75. The number of hydrogen-bond acceptors (Lipinski definition) is 3. The Bertz CT molecular complexity index is 352. The Labute approximate surface area is 110 Å². The van der Waals surface area contributed by atoms with Crippen LogP contribution in [0.25, 0.3) is 0 Å². The first-order chi connectivity index (χ1) is 8.71. The zero-order chi connectivity index (χ0) is 13.4. The van der Waals surface area contributed by atoms with Gasteiger partial charge in [0.15, 0.2) is 11.5 Å². The second-order valence-electron chi connectivity index (χ2n) is 4.48. The summed E-state index contributed by atoms with van der Waals surface area (Å²) in [6.07, 6.45) is 2.41. The van der Waals surface area contributed by atoms with Crippen molar-refractivity contribution in [2.24, 2.45) is 0 Å². The molecule has 0 bridgehead atoms. The summed E-state index contributed by atoms with van der Waals surface area (Å²) in [4.78, 5) is 0. The van der Waals surface area contributed by atoms with Gasteiger partial charge in [0.2, 0.25) is 0 Å². The van der Waals surface area contributed by atoms with Crippen LogP contribution in [0.1, 0.15) is 39.2 Å². The van der Waals surface area contributed by atoms with E-state index in [1.165, 1.54) is 5.56 Å². The summed E-state index contributed by atoms with van der Waals surface area (Å²) in [5.41, 5.74) is 1.21. The minimum Gasteiger partial charge on any atom is -0.493 e. The van der Waals surface area contributed by atoms with Crippen LogP contribution in [0.5, 0.6) is 11.5 Å². The lowest BCUT2D eigenvalue weighted by Gasteiger charge is -2.17. The van der Waals surface area contributed by atoms with Crippen molar-refractivity contribution in [1.82, 2.24) is 5.32 Å². The summed E-state index contributed by atoms with van der Waals surface area (Å²) in [5.74, 6) is 1.65. The molecule has 0 spiro atoms. The van der Waals surface area contributed by atoms with Crippen LogP contribution in [-0.4, -0.2) is 19.8 Å². The van der Waals surface area contributed by atoms with Crippen LogP contribution in [0.15, 0.2) is 18.2 Å². The van der Waals surface area contributed by atoms with E-state index >= 15 is 0 Å². The molecule has 1 aromatic carbocycles. The molecule has 0 aliphatic carbocycles. The molecule has 0 aliphatic heterocycles. The first kappa shape index (κ1) is 14.8. The maximum absolute atomic E-state index is 5.89. The Hall–Kier alpha value is -1.22. The van der Waals surface area contributed by atoms with Gasteiger partial charge in [0, 0.05) is 6.54 Å². The Morgan fingerprint density at radius 1 is 1.22 bits per heavy atom. The Morgan fingerprint density at radius 2 is 2.00 bits per heavy atom. The SMILES string of the molecule is CCCC(C)Oc1ccc(CNCC)cc1OC. The molecule has 102 valence electrons. The second-order valence-corrected chi connectivity index (χ2v) is 4.48. The van der Waals surface area contributed by atoms with E-state index < -0.39 is 0 Å². The van der Waals surface area contributed by atoms with Crippen molar-refractivity contribution < 1.29 is 9.47 Å².